The average Bonchev–Trinajstić information content (AvgIpc) is 2.44. The van der Waals surface area contributed by atoms with Crippen molar-refractivity contribution < 1.29 is 9.50 Å². The fourth-order valence-electron chi connectivity index (χ4n) is 2.30. The van der Waals surface area contributed by atoms with Crippen LogP contribution in [-0.2, 0) is 0 Å². The highest BCUT2D eigenvalue weighted by Crippen LogP contribution is 2.32. The van der Waals surface area contributed by atoms with Crippen LogP contribution in [0, 0.1) is 12.7 Å². The third-order valence-corrected chi connectivity index (χ3v) is 4.02. The molecule has 0 amide bonds. The number of aliphatic hydroxyl groups is 1. The summed E-state index contributed by atoms with van der Waals surface area (Å²) in [6.45, 7) is 2.14. The van der Waals surface area contributed by atoms with E-state index < -0.39 is 6.10 Å². The van der Waals surface area contributed by atoms with Gasteiger partial charge in [0.1, 0.15) is 5.82 Å². The largest absolute Gasteiger partial charge is 0.388 e. The SMILES string of the molecule is Cc1ccc(F)cc1C(O)C(CN)c1ccc(Br)cc1. The lowest BCUT2D eigenvalue weighted by atomic mass is 9.87. The lowest BCUT2D eigenvalue weighted by molar-refractivity contribution is 0.146. The Morgan fingerprint density at radius 1 is 1.20 bits per heavy atom. The molecule has 20 heavy (non-hydrogen) atoms. The van der Waals surface area contributed by atoms with Crippen molar-refractivity contribution in [2.75, 3.05) is 6.54 Å². The van der Waals surface area contributed by atoms with E-state index in [1.165, 1.54) is 12.1 Å². The van der Waals surface area contributed by atoms with E-state index in [-0.39, 0.29) is 11.7 Å². The smallest absolute Gasteiger partial charge is 0.123 e. The van der Waals surface area contributed by atoms with Gasteiger partial charge in [-0.25, -0.2) is 4.39 Å². The highest BCUT2D eigenvalue weighted by molar-refractivity contribution is 9.10. The van der Waals surface area contributed by atoms with Crippen LogP contribution in [0.2, 0.25) is 0 Å². The molecule has 4 heteroatoms. The molecule has 0 saturated heterocycles. The van der Waals surface area contributed by atoms with Crippen LogP contribution in [0.1, 0.15) is 28.7 Å². The first-order valence-electron chi connectivity index (χ1n) is 6.42. The third-order valence-electron chi connectivity index (χ3n) is 3.49. The lowest BCUT2D eigenvalue weighted by Crippen LogP contribution is -2.21. The van der Waals surface area contributed by atoms with Gasteiger partial charge < -0.3 is 10.8 Å². The normalized spacial score (nSPS) is 14.1. The molecule has 2 aromatic carbocycles. The summed E-state index contributed by atoms with van der Waals surface area (Å²) in [5.74, 6) is -0.611. The quantitative estimate of drug-likeness (QED) is 0.893. The molecule has 0 bridgehead atoms. The maximum Gasteiger partial charge on any atom is 0.123 e. The van der Waals surface area contributed by atoms with Crippen LogP contribution < -0.4 is 5.73 Å². The maximum atomic E-state index is 13.4. The Morgan fingerprint density at radius 2 is 1.85 bits per heavy atom. The van der Waals surface area contributed by atoms with Gasteiger partial charge in [0.25, 0.3) is 0 Å². The number of hydrogen-bond donors (Lipinski definition) is 2. The van der Waals surface area contributed by atoms with Crippen molar-refractivity contribution in [3.8, 4) is 0 Å². The van der Waals surface area contributed by atoms with E-state index in [0.29, 0.717) is 12.1 Å². The molecule has 0 aromatic heterocycles. The predicted octanol–water partition coefficient (Wildman–Crippen LogP) is 3.67. The van der Waals surface area contributed by atoms with Gasteiger partial charge in [-0.2, -0.15) is 0 Å². The summed E-state index contributed by atoms with van der Waals surface area (Å²) in [5, 5.41) is 10.5. The summed E-state index contributed by atoms with van der Waals surface area (Å²) in [7, 11) is 0. The standard InChI is InChI=1S/C16H17BrFNO/c1-10-2-7-13(18)8-14(10)16(20)15(9-19)11-3-5-12(17)6-4-11/h2-8,15-16,20H,9,19H2,1H3. The molecule has 106 valence electrons. The second kappa shape index (κ2) is 6.48. The molecule has 2 aromatic rings. The van der Waals surface area contributed by atoms with Crippen molar-refractivity contribution in [1.29, 1.82) is 0 Å². The van der Waals surface area contributed by atoms with E-state index >= 15 is 0 Å². The van der Waals surface area contributed by atoms with Crippen molar-refractivity contribution in [2.45, 2.75) is 18.9 Å². The molecule has 0 fully saturated rings. The van der Waals surface area contributed by atoms with Gasteiger partial charge in [-0.15, -0.1) is 0 Å². The lowest BCUT2D eigenvalue weighted by Gasteiger charge is -2.24. The summed E-state index contributed by atoms with van der Waals surface area (Å²) < 4.78 is 14.3. The Morgan fingerprint density at radius 3 is 2.45 bits per heavy atom. The van der Waals surface area contributed by atoms with Crippen LogP contribution in [0.4, 0.5) is 4.39 Å². The average molecular weight is 338 g/mol. The molecule has 2 rings (SSSR count). The zero-order valence-corrected chi connectivity index (χ0v) is 12.8. The van der Waals surface area contributed by atoms with E-state index in [2.05, 4.69) is 15.9 Å². The molecule has 2 nitrogen and oxygen atoms in total. The minimum Gasteiger partial charge on any atom is -0.388 e. The Labute approximate surface area is 126 Å². The van der Waals surface area contributed by atoms with Crippen molar-refractivity contribution in [1.82, 2.24) is 0 Å². The molecule has 0 heterocycles. The zero-order chi connectivity index (χ0) is 14.7. The number of aryl methyl sites for hydroxylation is 1. The topological polar surface area (TPSA) is 46.2 Å². The first kappa shape index (κ1) is 15.2. The minimum absolute atomic E-state index is 0.261. The van der Waals surface area contributed by atoms with Crippen LogP contribution in [0.15, 0.2) is 46.9 Å². The van der Waals surface area contributed by atoms with Crippen LogP contribution in [-0.4, -0.2) is 11.7 Å². The summed E-state index contributed by atoms with van der Waals surface area (Å²) >= 11 is 3.38. The zero-order valence-electron chi connectivity index (χ0n) is 11.2. The fraction of sp³-hybridized carbons (Fsp3) is 0.250. The molecule has 0 aliphatic rings. The van der Waals surface area contributed by atoms with Gasteiger partial charge in [-0.05, 0) is 47.9 Å². The van der Waals surface area contributed by atoms with E-state index in [0.717, 1.165) is 15.6 Å². The van der Waals surface area contributed by atoms with Crippen LogP contribution in [0.5, 0.6) is 0 Å². The van der Waals surface area contributed by atoms with Gasteiger partial charge in [0.05, 0.1) is 6.10 Å². The Bertz CT molecular complexity index is 586. The number of hydrogen-bond acceptors (Lipinski definition) is 2. The van der Waals surface area contributed by atoms with E-state index in [1.54, 1.807) is 6.07 Å². The van der Waals surface area contributed by atoms with Crippen molar-refractivity contribution >= 4 is 15.9 Å². The molecule has 2 unspecified atom stereocenters. The van der Waals surface area contributed by atoms with Gasteiger partial charge in [0.2, 0.25) is 0 Å². The second-order valence-corrected chi connectivity index (χ2v) is 5.76. The summed E-state index contributed by atoms with van der Waals surface area (Å²) in [5.41, 5.74) is 8.18. The van der Waals surface area contributed by atoms with Gasteiger partial charge in [-0.3, -0.25) is 0 Å². The van der Waals surface area contributed by atoms with Gasteiger partial charge in [0, 0.05) is 16.9 Å². The number of halogens is 2. The third kappa shape index (κ3) is 3.26. The Kier molecular flexibility index (Phi) is 4.91. The molecule has 0 radical (unpaired) electrons. The molecular weight excluding hydrogens is 321 g/mol. The highest BCUT2D eigenvalue weighted by atomic mass is 79.9. The second-order valence-electron chi connectivity index (χ2n) is 4.84. The highest BCUT2D eigenvalue weighted by Gasteiger charge is 2.23. The van der Waals surface area contributed by atoms with E-state index in [9.17, 15) is 9.50 Å². The minimum atomic E-state index is -0.822. The Balaban J connectivity index is 2.35. The van der Waals surface area contributed by atoms with Gasteiger partial charge in [-0.1, -0.05) is 34.1 Å². The summed E-state index contributed by atoms with van der Waals surface area (Å²) in [6.07, 6.45) is -0.822. The molecule has 0 spiro atoms. The van der Waals surface area contributed by atoms with Gasteiger partial charge in [0.15, 0.2) is 0 Å². The predicted molar refractivity (Wildman–Crippen MR) is 82.0 cm³/mol. The molecular formula is C16H17BrFNO. The monoisotopic (exact) mass is 337 g/mol. The first-order valence-corrected chi connectivity index (χ1v) is 7.22. The van der Waals surface area contributed by atoms with Crippen molar-refractivity contribution in [3.63, 3.8) is 0 Å². The molecule has 0 saturated carbocycles. The number of nitrogens with two attached hydrogens (primary N) is 1. The number of aliphatic hydroxyl groups excluding tert-OH is 1. The van der Waals surface area contributed by atoms with Crippen LogP contribution in [0.3, 0.4) is 0 Å². The first-order chi connectivity index (χ1) is 9.52. The van der Waals surface area contributed by atoms with Crippen molar-refractivity contribution in [2.24, 2.45) is 5.73 Å². The maximum absolute atomic E-state index is 13.4. The Hall–Kier alpha value is -1.23. The van der Waals surface area contributed by atoms with E-state index in [1.807, 2.05) is 31.2 Å². The van der Waals surface area contributed by atoms with Crippen LogP contribution >= 0.6 is 15.9 Å². The van der Waals surface area contributed by atoms with Gasteiger partial charge >= 0.3 is 0 Å². The number of rotatable bonds is 4. The van der Waals surface area contributed by atoms with Crippen molar-refractivity contribution in [3.05, 3.63) is 69.4 Å². The van der Waals surface area contributed by atoms with E-state index in [4.69, 9.17) is 5.73 Å². The molecule has 0 aliphatic heterocycles. The van der Waals surface area contributed by atoms with Crippen LogP contribution in [0.25, 0.3) is 0 Å². The fourth-order valence-corrected chi connectivity index (χ4v) is 2.57. The molecule has 2 atom stereocenters. The molecule has 3 N–H and O–H groups in total. The molecule has 0 aliphatic carbocycles. The number of benzene rings is 2. The summed E-state index contributed by atoms with van der Waals surface area (Å²) in [4.78, 5) is 0. The summed E-state index contributed by atoms with van der Waals surface area (Å²) in [6, 6.07) is 12.1.